The van der Waals surface area contributed by atoms with Crippen molar-refractivity contribution in [2.75, 3.05) is 0 Å². The van der Waals surface area contributed by atoms with Crippen LogP contribution in [0.3, 0.4) is 0 Å². The molecular weight excluding hydrogens is 300 g/mol. The van der Waals surface area contributed by atoms with Gasteiger partial charge in [0.2, 0.25) is 0 Å². The number of hydrogen-bond acceptors (Lipinski definition) is 3. The molecule has 2 aromatic heterocycles. The molecule has 2 heterocycles. The number of aromatic amines is 1. The van der Waals surface area contributed by atoms with Crippen LogP contribution in [0, 0.1) is 18.6 Å². The Morgan fingerprint density at radius 3 is 2.81 bits per heavy atom. The van der Waals surface area contributed by atoms with Crippen molar-refractivity contribution in [2.45, 2.75) is 27.2 Å². The maximum Gasteiger partial charge on any atom is 0.267 e. The van der Waals surface area contributed by atoms with Crippen LogP contribution in [-0.2, 0) is 6.42 Å². The molecule has 0 unspecified atom stereocenters. The average molecular weight is 316 g/mol. The van der Waals surface area contributed by atoms with Gasteiger partial charge in [0.25, 0.3) is 5.56 Å². The van der Waals surface area contributed by atoms with Crippen molar-refractivity contribution in [2.24, 2.45) is 0 Å². The molecule has 0 atom stereocenters. The number of thiophene rings is 1. The summed E-state index contributed by atoms with van der Waals surface area (Å²) < 4.78 is 2.05. The van der Waals surface area contributed by atoms with Crippen LogP contribution in [0.15, 0.2) is 29.1 Å². The number of rotatable bonds is 2. The molecule has 108 valence electrons. The molecule has 0 saturated carbocycles. The third kappa shape index (κ3) is 2.26. The number of H-pyrrole nitrogens is 1. The zero-order valence-electron chi connectivity index (χ0n) is 12.2. The molecule has 0 saturated heterocycles. The molecule has 1 N–H and O–H groups in total. The molecule has 0 spiro atoms. The van der Waals surface area contributed by atoms with Crippen molar-refractivity contribution < 1.29 is 0 Å². The van der Waals surface area contributed by atoms with Crippen molar-refractivity contribution in [1.82, 2.24) is 9.55 Å². The van der Waals surface area contributed by atoms with Crippen LogP contribution in [-0.4, -0.2) is 9.55 Å². The molecule has 0 aliphatic rings. The highest BCUT2D eigenvalue weighted by atomic mass is 32.1. The highest BCUT2D eigenvalue weighted by Gasteiger charge is 2.12. The van der Waals surface area contributed by atoms with Gasteiger partial charge in [-0.1, -0.05) is 19.1 Å². The van der Waals surface area contributed by atoms with Gasteiger partial charge in [-0.2, -0.15) is 0 Å². The Labute approximate surface area is 131 Å². The smallest absolute Gasteiger partial charge is 0.267 e. The normalized spacial score (nSPS) is 11.2. The van der Waals surface area contributed by atoms with E-state index < -0.39 is 0 Å². The van der Waals surface area contributed by atoms with E-state index in [1.54, 1.807) is 15.9 Å². The fourth-order valence-electron chi connectivity index (χ4n) is 2.43. The van der Waals surface area contributed by atoms with E-state index in [0.29, 0.717) is 10.2 Å². The first kappa shape index (κ1) is 14.2. The minimum absolute atomic E-state index is 0.0431. The number of hydrogen-bond donors (Lipinski definition) is 1. The van der Waals surface area contributed by atoms with Crippen molar-refractivity contribution in [3.05, 3.63) is 55.4 Å². The molecule has 0 radical (unpaired) electrons. The minimum atomic E-state index is -0.0431. The van der Waals surface area contributed by atoms with Crippen LogP contribution in [0.2, 0.25) is 0 Å². The summed E-state index contributed by atoms with van der Waals surface area (Å²) in [6.45, 7) is 6.14. The van der Waals surface area contributed by atoms with Crippen molar-refractivity contribution in [3.8, 4) is 5.69 Å². The van der Waals surface area contributed by atoms with Gasteiger partial charge in [-0.05, 0) is 55.7 Å². The molecule has 1 aromatic carbocycles. The summed E-state index contributed by atoms with van der Waals surface area (Å²) >= 11 is 7.01. The van der Waals surface area contributed by atoms with E-state index >= 15 is 0 Å². The SMILES string of the molecule is CCc1cc2c(=O)n(-c3cccc(C)c3C)c(=S)[nH]c2s1. The molecule has 3 aromatic rings. The average Bonchev–Trinajstić information content (AvgIpc) is 2.86. The lowest BCUT2D eigenvalue weighted by atomic mass is 10.1. The predicted octanol–water partition coefficient (Wildman–Crippen LogP) is 4.29. The van der Waals surface area contributed by atoms with Gasteiger partial charge in [-0.3, -0.25) is 9.36 Å². The van der Waals surface area contributed by atoms with E-state index in [1.807, 2.05) is 38.1 Å². The van der Waals surface area contributed by atoms with E-state index in [4.69, 9.17) is 12.2 Å². The van der Waals surface area contributed by atoms with Crippen LogP contribution < -0.4 is 5.56 Å². The molecule has 0 fully saturated rings. The van der Waals surface area contributed by atoms with Gasteiger partial charge in [-0.15, -0.1) is 11.3 Å². The molecule has 0 aliphatic heterocycles. The highest BCUT2D eigenvalue weighted by molar-refractivity contribution is 7.71. The molecule has 0 aliphatic carbocycles. The number of aromatic nitrogens is 2. The molecule has 0 bridgehead atoms. The Hall–Kier alpha value is -1.72. The van der Waals surface area contributed by atoms with Crippen molar-refractivity contribution >= 4 is 33.8 Å². The maximum atomic E-state index is 12.8. The second-order valence-electron chi connectivity index (χ2n) is 5.10. The number of nitrogens with zero attached hydrogens (tertiary/aromatic N) is 1. The topological polar surface area (TPSA) is 37.8 Å². The fraction of sp³-hybridized carbons (Fsp3) is 0.250. The third-order valence-electron chi connectivity index (χ3n) is 3.81. The molecule has 0 amide bonds. The van der Waals surface area contributed by atoms with Gasteiger partial charge < -0.3 is 4.98 Å². The van der Waals surface area contributed by atoms with E-state index in [0.717, 1.165) is 28.1 Å². The number of fused-ring (bicyclic) bond motifs is 1. The van der Waals surface area contributed by atoms with E-state index in [1.165, 1.54) is 4.88 Å². The lowest BCUT2D eigenvalue weighted by Gasteiger charge is -2.11. The van der Waals surface area contributed by atoms with Gasteiger partial charge in [0.1, 0.15) is 4.83 Å². The van der Waals surface area contributed by atoms with Crippen LogP contribution in [0.5, 0.6) is 0 Å². The first-order valence-electron chi connectivity index (χ1n) is 6.87. The number of benzene rings is 1. The van der Waals surface area contributed by atoms with Gasteiger partial charge in [0.15, 0.2) is 4.77 Å². The molecular formula is C16H16N2OS2. The number of nitrogens with one attached hydrogen (secondary N) is 1. The molecule has 3 rings (SSSR count). The van der Waals surface area contributed by atoms with Gasteiger partial charge >= 0.3 is 0 Å². The predicted molar refractivity (Wildman–Crippen MR) is 91.5 cm³/mol. The van der Waals surface area contributed by atoms with Crippen LogP contribution in [0.25, 0.3) is 15.9 Å². The first-order chi connectivity index (χ1) is 10.0. The highest BCUT2D eigenvalue weighted by Crippen LogP contribution is 2.23. The summed E-state index contributed by atoms with van der Waals surface area (Å²) in [6.07, 6.45) is 0.920. The zero-order chi connectivity index (χ0) is 15.1. The Morgan fingerprint density at radius 1 is 1.33 bits per heavy atom. The largest absolute Gasteiger partial charge is 0.323 e. The van der Waals surface area contributed by atoms with Gasteiger partial charge in [-0.25, -0.2) is 0 Å². The molecule has 3 nitrogen and oxygen atoms in total. The van der Waals surface area contributed by atoms with E-state index in [-0.39, 0.29) is 5.56 Å². The van der Waals surface area contributed by atoms with E-state index in [2.05, 4.69) is 11.9 Å². The summed E-state index contributed by atoms with van der Waals surface area (Å²) in [7, 11) is 0. The zero-order valence-corrected chi connectivity index (χ0v) is 13.8. The van der Waals surface area contributed by atoms with Crippen LogP contribution in [0.1, 0.15) is 22.9 Å². The molecule has 21 heavy (non-hydrogen) atoms. The summed E-state index contributed by atoms with van der Waals surface area (Å²) in [5.41, 5.74) is 3.03. The van der Waals surface area contributed by atoms with Gasteiger partial charge in [0, 0.05) is 4.88 Å². The van der Waals surface area contributed by atoms with E-state index in [9.17, 15) is 4.79 Å². The monoisotopic (exact) mass is 316 g/mol. The maximum absolute atomic E-state index is 12.8. The summed E-state index contributed by atoms with van der Waals surface area (Å²) in [6, 6.07) is 7.89. The van der Waals surface area contributed by atoms with Crippen LogP contribution >= 0.6 is 23.6 Å². The molecule has 5 heteroatoms. The Balaban J connectivity index is 2.40. The fourth-order valence-corrected chi connectivity index (χ4v) is 3.77. The summed E-state index contributed by atoms with van der Waals surface area (Å²) in [5.74, 6) is 0. The van der Waals surface area contributed by atoms with Crippen LogP contribution in [0.4, 0.5) is 0 Å². The van der Waals surface area contributed by atoms with Crippen molar-refractivity contribution in [3.63, 3.8) is 0 Å². The minimum Gasteiger partial charge on any atom is -0.323 e. The lowest BCUT2D eigenvalue weighted by Crippen LogP contribution is -2.20. The van der Waals surface area contributed by atoms with Crippen molar-refractivity contribution in [1.29, 1.82) is 0 Å². The lowest BCUT2D eigenvalue weighted by molar-refractivity contribution is 0.930. The quantitative estimate of drug-likeness (QED) is 0.716. The number of aryl methyl sites for hydroxylation is 2. The third-order valence-corrected chi connectivity index (χ3v) is 5.29. The second kappa shape index (κ2) is 5.24. The Bertz CT molecular complexity index is 947. The summed E-state index contributed by atoms with van der Waals surface area (Å²) in [5, 5.41) is 0.714. The standard InChI is InChI=1S/C16H16N2OS2/c1-4-11-8-12-14(21-11)17-16(20)18(15(12)19)13-7-5-6-9(2)10(13)3/h5-8H,4H2,1-3H3,(H,17,20). The second-order valence-corrected chi connectivity index (χ2v) is 6.62. The summed E-state index contributed by atoms with van der Waals surface area (Å²) in [4.78, 5) is 18.1. The first-order valence-corrected chi connectivity index (χ1v) is 8.09. The Morgan fingerprint density at radius 2 is 2.10 bits per heavy atom. The Kier molecular flexibility index (Phi) is 3.55. The van der Waals surface area contributed by atoms with Gasteiger partial charge in [0.05, 0.1) is 11.1 Å².